The fraction of sp³-hybridized carbons (Fsp3) is 0.625. The largest absolute Gasteiger partial charge is 0.370 e. The van der Waals surface area contributed by atoms with E-state index in [1.807, 2.05) is 0 Å². The highest BCUT2D eigenvalue weighted by atomic mass is 16.5. The molecule has 1 heterocycles. The molecule has 0 atom stereocenters. The lowest BCUT2D eigenvalue weighted by molar-refractivity contribution is 0.387. The molecule has 1 aromatic heterocycles. The molecule has 0 bridgehead atoms. The summed E-state index contributed by atoms with van der Waals surface area (Å²) in [5.41, 5.74) is 5.62. The van der Waals surface area contributed by atoms with Gasteiger partial charge in [-0.1, -0.05) is 5.16 Å². The van der Waals surface area contributed by atoms with E-state index in [2.05, 4.69) is 20.4 Å². The zero-order chi connectivity index (χ0) is 9.97. The molecule has 76 valence electrons. The van der Waals surface area contributed by atoms with Crippen LogP contribution in [-0.2, 0) is 6.54 Å². The molecule has 0 aromatic carbocycles. The standard InChI is InChI=1S/C8H13N5O/c1-5-11-7(13-14-5)4-10-8(9)12-6-2-3-6/h6H,2-4H2,1H3,(H3,9,10,12). The lowest BCUT2D eigenvalue weighted by Gasteiger charge is -2.00. The third-order valence-electron chi connectivity index (χ3n) is 1.89. The van der Waals surface area contributed by atoms with Crippen molar-refractivity contribution in [3.63, 3.8) is 0 Å². The summed E-state index contributed by atoms with van der Waals surface area (Å²) in [7, 11) is 0. The van der Waals surface area contributed by atoms with Crippen molar-refractivity contribution in [2.45, 2.75) is 32.4 Å². The second-order valence-electron chi connectivity index (χ2n) is 3.35. The fourth-order valence-corrected chi connectivity index (χ4v) is 1.04. The summed E-state index contributed by atoms with van der Waals surface area (Å²) >= 11 is 0. The van der Waals surface area contributed by atoms with E-state index >= 15 is 0 Å². The summed E-state index contributed by atoms with van der Waals surface area (Å²) < 4.78 is 4.80. The third kappa shape index (κ3) is 2.45. The van der Waals surface area contributed by atoms with Gasteiger partial charge in [0.15, 0.2) is 11.8 Å². The summed E-state index contributed by atoms with van der Waals surface area (Å²) in [6.45, 7) is 2.11. The van der Waals surface area contributed by atoms with Gasteiger partial charge in [0.25, 0.3) is 0 Å². The molecule has 6 heteroatoms. The fourth-order valence-electron chi connectivity index (χ4n) is 1.04. The second kappa shape index (κ2) is 3.65. The van der Waals surface area contributed by atoms with E-state index in [0.717, 1.165) is 0 Å². The molecule has 0 radical (unpaired) electrons. The number of nitrogens with zero attached hydrogens (tertiary/aromatic N) is 3. The summed E-state index contributed by atoms with van der Waals surface area (Å²) in [6.07, 6.45) is 2.36. The van der Waals surface area contributed by atoms with Gasteiger partial charge in [0.05, 0.1) is 0 Å². The van der Waals surface area contributed by atoms with Crippen molar-refractivity contribution < 1.29 is 4.52 Å². The third-order valence-corrected chi connectivity index (χ3v) is 1.89. The molecule has 1 aliphatic carbocycles. The van der Waals surface area contributed by atoms with Gasteiger partial charge in [0, 0.05) is 13.0 Å². The predicted molar refractivity (Wildman–Crippen MR) is 50.5 cm³/mol. The van der Waals surface area contributed by atoms with Crippen LogP contribution in [0.15, 0.2) is 9.52 Å². The van der Waals surface area contributed by atoms with Crippen molar-refractivity contribution in [1.29, 1.82) is 0 Å². The Balaban J connectivity index is 1.84. The minimum Gasteiger partial charge on any atom is -0.370 e. The minimum absolute atomic E-state index is 0.364. The molecule has 0 saturated heterocycles. The van der Waals surface area contributed by atoms with Gasteiger partial charge < -0.3 is 15.6 Å². The number of aromatic nitrogens is 2. The number of nitrogens with two attached hydrogens (primary N) is 1. The monoisotopic (exact) mass is 195 g/mol. The zero-order valence-electron chi connectivity index (χ0n) is 8.03. The highest BCUT2D eigenvalue weighted by Crippen LogP contribution is 2.17. The number of aliphatic imine (C=N–C) groups is 1. The Hall–Kier alpha value is -1.59. The highest BCUT2D eigenvalue weighted by Gasteiger charge is 2.21. The average Bonchev–Trinajstić information content (AvgIpc) is 2.85. The van der Waals surface area contributed by atoms with Gasteiger partial charge in [-0.15, -0.1) is 0 Å². The van der Waals surface area contributed by atoms with Crippen LogP contribution in [0, 0.1) is 6.92 Å². The van der Waals surface area contributed by atoms with E-state index in [1.54, 1.807) is 6.92 Å². The van der Waals surface area contributed by atoms with Crippen LogP contribution >= 0.6 is 0 Å². The van der Waals surface area contributed by atoms with Crippen LogP contribution in [0.25, 0.3) is 0 Å². The summed E-state index contributed by atoms with van der Waals surface area (Å²) in [4.78, 5) is 8.10. The number of hydrogen-bond acceptors (Lipinski definition) is 4. The maximum Gasteiger partial charge on any atom is 0.223 e. The molecule has 14 heavy (non-hydrogen) atoms. The lowest BCUT2D eigenvalue weighted by Crippen LogP contribution is -2.33. The normalized spacial score (nSPS) is 17.1. The number of hydrogen-bond donors (Lipinski definition) is 2. The second-order valence-corrected chi connectivity index (χ2v) is 3.35. The van der Waals surface area contributed by atoms with Crippen molar-refractivity contribution in [3.05, 3.63) is 11.7 Å². The average molecular weight is 195 g/mol. The molecular weight excluding hydrogens is 182 g/mol. The summed E-state index contributed by atoms with van der Waals surface area (Å²) in [6, 6.07) is 0.519. The van der Waals surface area contributed by atoms with Crippen molar-refractivity contribution in [1.82, 2.24) is 15.5 Å². The van der Waals surface area contributed by atoms with Gasteiger partial charge in [-0.2, -0.15) is 4.98 Å². The summed E-state index contributed by atoms with van der Waals surface area (Å²) in [5, 5.41) is 6.78. The molecule has 1 fully saturated rings. The SMILES string of the molecule is Cc1nc(CN=C(N)NC2CC2)no1. The number of aryl methyl sites for hydroxylation is 1. The Labute approximate surface area is 81.6 Å². The Morgan fingerprint density at radius 2 is 2.50 bits per heavy atom. The number of rotatable bonds is 3. The Kier molecular flexibility index (Phi) is 2.34. The molecule has 3 N–H and O–H groups in total. The molecule has 0 amide bonds. The zero-order valence-corrected chi connectivity index (χ0v) is 8.03. The Morgan fingerprint density at radius 1 is 1.71 bits per heavy atom. The molecule has 2 rings (SSSR count). The van der Waals surface area contributed by atoms with Crippen LogP contribution in [0.2, 0.25) is 0 Å². The van der Waals surface area contributed by atoms with E-state index in [0.29, 0.717) is 30.3 Å². The molecule has 0 spiro atoms. The van der Waals surface area contributed by atoms with Gasteiger partial charge in [-0.25, -0.2) is 4.99 Å². The van der Waals surface area contributed by atoms with Gasteiger partial charge in [-0.05, 0) is 12.8 Å². The molecule has 0 aliphatic heterocycles. The molecule has 6 nitrogen and oxygen atoms in total. The lowest BCUT2D eigenvalue weighted by atomic mass is 10.6. The first-order valence-corrected chi connectivity index (χ1v) is 4.59. The first-order valence-electron chi connectivity index (χ1n) is 4.59. The number of nitrogens with one attached hydrogen (secondary N) is 1. The first kappa shape index (κ1) is 8.98. The molecule has 1 aliphatic rings. The van der Waals surface area contributed by atoms with Crippen LogP contribution < -0.4 is 11.1 Å². The van der Waals surface area contributed by atoms with Crippen LogP contribution in [0.5, 0.6) is 0 Å². The predicted octanol–water partition coefficient (Wildman–Crippen LogP) is -0.0553. The van der Waals surface area contributed by atoms with Crippen LogP contribution in [-0.4, -0.2) is 22.1 Å². The molecular formula is C8H13N5O. The minimum atomic E-state index is 0.364. The van der Waals surface area contributed by atoms with Gasteiger partial charge in [-0.3, -0.25) is 0 Å². The van der Waals surface area contributed by atoms with Crippen LogP contribution in [0.1, 0.15) is 24.6 Å². The molecule has 0 unspecified atom stereocenters. The van der Waals surface area contributed by atoms with Crippen molar-refractivity contribution in [2.75, 3.05) is 0 Å². The Bertz CT molecular complexity index is 341. The quantitative estimate of drug-likeness (QED) is 0.521. The van der Waals surface area contributed by atoms with E-state index in [1.165, 1.54) is 12.8 Å². The Morgan fingerprint density at radius 3 is 3.07 bits per heavy atom. The van der Waals surface area contributed by atoms with Crippen LogP contribution in [0.3, 0.4) is 0 Å². The van der Waals surface area contributed by atoms with Crippen molar-refractivity contribution >= 4 is 5.96 Å². The van der Waals surface area contributed by atoms with Gasteiger partial charge in [0.2, 0.25) is 5.89 Å². The smallest absolute Gasteiger partial charge is 0.223 e. The van der Waals surface area contributed by atoms with Crippen molar-refractivity contribution in [2.24, 2.45) is 10.7 Å². The van der Waals surface area contributed by atoms with Crippen molar-refractivity contribution in [3.8, 4) is 0 Å². The van der Waals surface area contributed by atoms with Gasteiger partial charge in [0.1, 0.15) is 6.54 Å². The number of guanidine groups is 1. The van der Waals surface area contributed by atoms with E-state index < -0.39 is 0 Å². The van der Waals surface area contributed by atoms with E-state index in [-0.39, 0.29) is 0 Å². The highest BCUT2D eigenvalue weighted by molar-refractivity contribution is 5.78. The first-order chi connectivity index (χ1) is 6.74. The van der Waals surface area contributed by atoms with Crippen LogP contribution in [0.4, 0.5) is 0 Å². The maximum atomic E-state index is 5.62. The summed E-state index contributed by atoms with van der Waals surface area (Å²) in [5.74, 6) is 1.56. The van der Waals surface area contributed by atoms with E-state index in [9.17, 15) is 0 Å². The van der Waals surface area contributed by atoms with E-state index in [4.69, 9.17) is 10.3 Å². The topological polar surface area (TPSA) is 89.3 Å². The van der Waals surface area contributed by atoms with Gasteiger partial charge >= 0.3 is 0 Å². The molecule has 1 aromatic rings. The maximum absolute atomic E-state index is 5.62. The molecule has 1 saturated carbocycles.